The fourth-order valence-corrected chi connectivity index (χ4v) is 3.09. The maximum Gasteiger partial charge on any atom is 0.239 e. The molecule has 1 atom stereocenters. The number of carbonyl (C=O) groups excluding carboxylic acids is 1. The van der Waals surface area contributed by atoms with E-state index in [1.54, 1.807) is 0 Å². The summed E-state index contributed by atoms with van der Waals surface area (Å²) in [5.74, 6) is 1.14. The number of rotatable bonds is 5. The SMILES string of the molecule is CCCNCC1CCN(C2CCN(C)C2=O)CC1. The Morgan fingerprint density at radius 2 is 1.94 bits per heavy atom. The van der Waals surface area contributed by atoms with Crippen molar-refractivity contribution in [3.05, 3.63) is 0 Å². The maximum absolute atomic E-state index is 12.0. The van der Waals surface area contributed by atoms with Crippen LogP contribution in [0.5, 0.6) is 0 Å². The molecule has 4 heteroatoms. The van der Waals surface area contributed by atoms with Crippen LogP contribution in [0.4, 0.5) is 0 Å². The summed E-state index contributed by atoms with van der Waals surface area (Å²) in [6, 6.07) is 0.180. The standard InChI is InChI=1S/C14H27N3O/c1-3-7-15-11-12-4-9-17(10-5-12)13-6-8-16(2)14(13)18/h12-13,15H,3-11H2,1-2H3. The molecule has 104 valence electrons. The van der Waals surface area contributed by atoms with Crippen LogP contribution in [0.15, 0.2) is 0 Å². The van der Waals surface area contributed by atoms with Gasteiger partial charge in [-0.2, -0.15) is 0 Å². The number of hydrogen-bond donors (Lipinski definition) is 1. The smallest absolute Gasteiger partial charge is 0.239 e. The second kappa shape index (κ2) is 6.53. The van der Waals surface area contributed by atoms with Crippen molar-refractivity contribution in [2.24, 2.45) is 5.92 Å². The minimum absolute atomic E-state index is 0.180. The molecule has 0 aromatic heterocycles. The van der Waals surface area contributed by atoms with Crippen LogP contribution < -0.4 is 5.32 Å². The van der Waals surface area contributed by atoms with E-state index >= 15 is 0 Å². The number of hydrogen-bond acceptors (Lipinski definition) is 3. The zero-order chi connectivity index (χ0) is 13.0. The van der Waals surface area contributed by atoms with E-state index < -0.39 is 0 Å². The Kier molecular flexibility index (Phi) is 5.01. The number of carbonyl (C=O) groups is 1. The van der Waals surface area contributed by atoms with Gasteiger partial charge in [-0.1, -0.05) is 6.92 Å². The molecule has 2 heterocycles. The number of likely N-dealkylation sites (N-methyl/N-ethyl adjacent to an activating group) is 1. The molecule has 2 aliphatic heterocycles. The Labute approximate surface area is 111 Å². The molecule has 4 nitrogen and oxygen atoms in total. The van der Waals surface area contributed by atoms with Gasteiger partial charge in [-0.05, 0) is 57.8 Å². The molecule has 1 unspecified atom stereocenters. The van der Waals surface area contributed by atoms with Crippen LogP contribution in [-0.2, 0) is 4.79 Å². The summed E-state index contributed by atoms with van der Waals surface area (Å²) in [6.45, 7) is 7.62. The van der Waals surface area contributed by atoms with Crippen molar-refractivity contribution in [2.45, 2.75) is 38.6 Å². The number of nitrogens with one attached hydrogen (secondary N) is 1. The predicted octanol–water partition coefficient (Wildman–Crippen LogP) is 0.929. The first-order valence-corrected chi connectivity index (χ1v) is 7.42. The molecule has 0 aliphatic carbocycles. The van der Waals surface area contributed by atoms with Gasteiger partial charge in [0.05, 0.1) is 6.04 Å². The van der Waals surface area contributed by atoms with Crippen LogP contribution in [0.2, 0.25) is 0 Å². The molecular formula is C14H27N3O. The Balaban J connectivity index is 1.72. The van der Waals surface area contributed by atoms with Gasteiger partial charge in [0.1, 0.15) is 0 Å². The Morgan fingerprint density at radius 1 is 1.22 bits per heavy atom. The molecule has 2 aliphatic rings. The quantitative estimate of drug-likeness (QED) is 0.740. The van der Waals surface area contributed by atoms with Crippen molar-refractivity contribution in [1.82, 2.24) is 15.1 Å². The topological polar surface area (TPSA) is 35.6 Å². The third-order valence-electron chi connectivity index (χ3n) is 4.35. The summed E-state index contributed by atoms with van der Waals surface area (Å²) < 4.78 is 0. The molecular weight excluding hydrogens is 226 g/mol. The highest BCUT2D eigenvalue weighted by molar-refractivity contribution is 5.83. The highest BCUT2D eigenvalue weighted by Gasteiger charge is 2.35. The zero-order valence-electron chi connectivity index (χ0n) is 11.8. The van der Waals surface area contributed by atoms with Gasteiger partial charge in [-0.15, -0.1) is 0 Å². The fraction of sp³-hybridized carbons (Fsp3) is 0.929. The van der Waals surface area contributed by atoms with Gasteiger partial charge in [-0.3, -0.25) is 9.69 Å². The summed E-state index contributed by atoms with van der Waals surface area (Å²) in [6.07, 6.45) is 4.71. The van der Waals surface area contributed by atoms with E-state index in [1.165, 1.54) is 19.3 Å². The molecule has 1 N–H and O–H groups in total. The molecule has 2 fully saturated rings. The van der Waals surface area contributed by atoms with Crippen molar-refractivity contribution in [3.63, 3.8) is 0 Å². The number of likely N-dealkylation sites (tertiary alicyclic amines) is 2. The van der Waals surface area contributed by atoms with Crippen LogP contribution in [-0.4, -0.2) is 61.5 Å². The van der Waals surface area contributed by atoms with Crippen molar-refractivity contribution in [3.8, 4) is 0 Å². The predicted molar refractivity (Wildman–Crippen MR) is 73.5 cm³/mol. The Hall–Kier alpha value is -0.610. The summed E-state index contributed by atoms with van der Waals surface area (Å²) in [5.41, 5.74) is 0. The number of piperidine rings is 1. The van der Waals surface area contributed by atoms with E-state index in [0.29, 0.717) is 5.91 Å². The molecule has 2 saturated heterocycles. The first-order valence-electron chi connectivity index (χ1n) is 7.42. The summed E-state index contributed by atoms with van der Waals surface area (Å²) in [5, 5.41) is 3.51. The Morgan fingerprint density at radius 3 is 2.50 bits per heavy atom. The van der Waals surface area contributed by atoms with Gasteiger partial charge < -0.3 is 10.2 Å². The van der Waals surface area contributed by atoms with Crippen molar-refractivity contribution >= 4 is 5.91 Å². The highest BCUT2D eigenvalue weighted by Crippen LogP contribution is 2.23. The van der Waals surface area contributed by atoms with Crippen molar-refractivity contribution < 1.29 is 4.79 Å². The lowest BCUT2D eigenvalue weighted by molar-refractivity contribution is -0.131. The average Bonchev–Trinajstić information content (AvgIpc) is 2.72. The number of amides is 1. The lowest BCUT2D eigenvalue weighted by atomic mass is 9.95. The molecule has 0 spiro atoms. The minimum atomic E-state index is 0.180. The van der Waals surface area contributed by atoms with Crippen molar-refractivity contribution in [2.75, 3.05) is 39.8 Å². The van der Waals surface area contributed by atoms with Crippen LogP contribution in [0.3, 0.4) is 0 Å². The van der Waals surface area contributed by atoms with Gasteiger partial charge in [-0.25, -0.2) is 0 Å². The lowest BCUT2D eigenvalue weighted by Crippen LogP contribution is -2.46. The Bertz CT molecular complexity index is 274. The lowest BCUT2D eigenvalue weighted by Gasteiger charge is -2.35. The molecule has 0 aromatic carbocycles. The zero-order valence-corrected chi connectivity index (χ0v) is 11.8. The summed E-state index contributed by atoms with van der Waals surface area (Å²) in [4.78, 5) is 16.2. The molecule has 2 rings (SSSR count). The van der Waals surface area contributed by atoms with Crippen LogP contribution >= 0.6 is 0 Å². The molecule has 0 bridgehead atoms. The van der Waals surface area contributed by atoms with E-state index in [0.717, 1.165) is 45.1 Å². The second-order valence-electron chi connectivity index (χ2n) is 5.75. The van der Waals surface area contributed by atoms with Gasteiger partial charge in [0.2, 0.25) is 5.91 Å². The maximum atomic E-state index is 12.0. The molecule has 0 saturated carbocycles. The first kappa shape index (κ1) is 13.8. The van der Waals surface area contributed by atoms with Crippen LogP contribution in [0.25, 0.3) is 0 Å². The van der Waals surface area contributed by atoms with Gasteiger partial charge in [0.25, 0.3) is 0 Å². The number of nitrogens with zero attached hydrogens (tertiary/aromatic N) is 2. The third-order valence-corrected chi connectivity index (χ3v) is 4.35. The first-order chi connectivity index (χ1) is 8.72. The van der Waals surface area contributed by atoms with Crippen LogP contribution in [0.1, 0.15) is 32.6 Å². The fourth-order valence-electron chi connectivity index (χ4n) is 3.09. The van der Waals surface area contributed by atoms with E-state index in [-0.39, 0.29) is 6.04 Å². The third kappa shape index (κ3) is 3.23. The second-order valence-corrected chi connectivity index (χ2v) is 5.75. The highest BCUT2D eigenvalue weighted by atomic mass is 16.2. The normalized spacial score (nSPS) is 27.1. The van der Waals surface area contributed by atoms with Gasteiger partial charge in [0, 0.05) is 13.6 Å². The molecule has 1 amide bonds. The van der Waals surface area contributed by atoms with E-state index in [1.807, 2.05) is 11.9 Å². The minimum Gasteiger partial charge on any atom is -0.344 e. The van der Waals surface area contributed by atoms with Crippen molar-refractivity contribution in [1.29, 1.82) is 0 Å². The largest absolute Gasteiger partial charge is 0.344 e. The molecule has 0 aromatic rings. The van der Waals surface area contributed by atoms with Gasteiger partial charge in [0.15, 0.2) is 0 Å². The van der Waals surface area contributed by atoms with E-state index in [9.17, 15) is 4.79 Å². The van der Waals surface area contributed by atoms with Gasteiger partial charge >= 0.3 is 0 Å². The molecule has 18 heavy (non-hydrogen) atoms. The van der Waals surface area contributed by atoms with E-state index in [2.05, 4.69) is 17.1 Å². The summed E-state index contributed by atoms with van der Waals surface area (Å²) in [7, 11) is 1.92. The van der Waals surface area contributed by atoms with Crippen LogP contribution in [0, 0.1) is 5.92 Å². The molecule has 0 radical (unpaired) electrons. The average molecular weight is 253 g/mol. The van der Waals surface area contributed by atoms with E-state index in [4.69, 9.17) is 0 Å². The monoisotopic (exact) mass is 253 g/mol. The summed E-state index contributed by atoms with van der Waals surface area (Å²) >= 11 is 0.